The second-order valence-corrected chi connectivity index (χ2v) is 3.46. The van der Waals surface area contributed by atoms with Crippen molar-refractivity contribution in [3.63, 3.8) is 0 Å². The van der Waals surface area contributed by atoms with Gasteiger partial charge >= 0.3 is 0 Å². The highest BCUT2D eigenvalue weighted by atomic mass is 16.1. The van der Waals surface area contributed by atoms with E-state index in [-0.39, 0.29) is 11.8 Å². The van der Waals surface area contributed by atoms with Crippen LogP contribution in [0.1, 0.15) is 40.5 Å². The zero-order chi connectivity index (χ0) is 9.72. The summed E-state index contributed by atoms with van der Waals surface area (Å²) >= 11 is 0. The van der Waals surface area contributed by atoms with Crippen LogP contribution in [0.5, 0.6) is 0 Å². The van der Waals surface area contributed by atoms with E-state index in [2.05, 4.69) is 25.7 Å². The van der Waals surface area contributed by atoms with Crippen LogP contribution in [-0.4, -0.2) is 29.8 Å². The molecule has 0 radical (unpaired) electrons. The van der Waals surface area contributed by atoms with Gasteiger partial charge in [0.2, 0.25) is 0 Å². The highest BCUT2D eigenvalue weighted by Gasteiger charge is 2.20. The first-order valence-corrected chi connectivity index (χ1v) is 4.76. The van der Waals surface area contributed by atoms with E-state index in [4.69, 9.17) is 0 Å². The van der Waals surface area contributed by atoms with Crippen LogP contribution in [0.2, 0.25) is 0 Å². The number of nitrogens with zero attached hydrogens (tertiary/aromatic N) is 1. The number of carbonyl (C=O) groups excluding carboxylic acids is 1. The van der Waals surface area contributed by atoms with Crippen LogP contribution in [0.4, 0.5) is 0 Å². The fraction of sp³-hybridized carbons (Fsp3) is 0.900. The highest BCUT2D eigenvalue weighted by molar-refractivity contribution is 5.81. The van der Waals surface area contributed by atoms with Crippen LogP contribution < -0.4 is 0 Å². The van der Waals surface area contributed by atoms with Gasteiger partial charge in [0, 0.05) is 6.04 Å². The van der Waals surface area contributed by atoms with Gasteiger partial charge in [0.05, 0.1) is 6.04 Å². The molecule has 2 heteroatoms. The molecule has 0 heterocycles. The van der Waals surface area contributed by atoms with Gasteiger partial charge in [-0.3, -0.25) is 9.69 Å². The van der Waals surface area contributed by atoms with Crippen molar-refractivity contribution in [2.75, 3.05) is 7.05 Å². The van der Waals surface area contributed by atoms with Gasteiger partial charge in [0.1, 0.15) is 5.78 Å². The molecule has 2 unspecified atom stereocenters. The Morgan fingerprint density at radius 2 is 1.83 bits per heavy atom. The molecule has 0 aliphatic heterocycles. The minimum atomic E-state index is 0.111. The van der Waals surface area contributed by atoms with Crippen molar-refractivity contribution in [3.8, 4) is 0 Å². The molecule has 2 nitrogen and oxygen atoms in total. The van der Waals surface area contributed by atoms with Crippen molar-refractivity contribution >= 4 is 5.78 Å². The van der Waals surface area contributed by atoms with Crippen LogP contribution in [0.3, 0.4) is 0 Å². The molecule has 0 spiro atoms. The summed E-state index contributed by atoms with van der Waals surface area (Å²) in [6.07, 6.45) is 2.01. The van der Waals surface area contributed by atoms with E-state index in [1.54, 1.807) is 6.92 Å². The Kier molecular flexibility index (Phi) is 5.14. The lowest BCUT2D eigenvalue weighted by atomic mass is 10.1. The van der Waals surface area contributed by atoms with E-state index in [0.29, 0.717) is 6.04 Å². The molecule has 0 amide bonds. The Bertz CT molecular complexity index is 145. The summed E-state index contributed by atoms with van der Waals surface area (Å²) in [6.45, 7) is 8.04. The summed E-state index contributed by atoms with van der Waals surface area (Å²) in [5.41, 5.74) is 0. The van der Waals surface area contributed by atoms with E-state index in [1.807, 2.05) is 7.05 Å². The van der Waals surface area contributed by atoms with Crippen LogP contribution in [0.25, 0.3) is 0 Å². The third kappa shape index (κ3) is 2.94. The first kappa shape index (κ1) is 11.6. The maximum atomic E-state index is 11.2. The van der Waals surface area contributed by atoms with Gasteiger partial charge in [-0.25, -0.2) is 0 Å². The summed E-state index contributed by atoms with van der Waals surface area (Å²) in [5, 5.41) is 0. The zero-order valence-corrected chi connectivity index (χ0v) is 8.92. The fourth-order valence-corrected chi connectivity index (χ4v) is 1.46. The molecule has 2 atom stereocenters. The lowest BCUT2D eigenvalue weighted by Crippen LogP contribution is -2.42. The van der Waals surface area contributed by atoms with Crippen molar-refractivity contribution in [3.05, 3.63) is 0 Å². The molecule has 72 valence electrons. The molecule has 0 aromatic heterocycles. The van der Waals surface area contributed by atoms with Crippen molar-refractivity contribution in [1.82, 2.24) is 4.90 Å². The van der Waals surface area contributed by atoms with Crippen LogP contribution in [0.15, 0.2) is 0 Å². The molecule has 0 saturated carbocycles. The molecular formula is C10H21NO. The monoisotopic (exact) mass is 171 g/mol. The predicted octanol–water partition coefficient (Wildman–Crippen LogP) is 2.08. The minimum absolute atomic E-state index is 0.111. The third-order valence-electron chi connectivity index (χ3n) is 2.63. The van der Waals surface area contributed by atoms with Gasteiger partial charge in [-0.05, 0) is 33.7 Å². The molecule has 0 fully saturated rings. The van der Waals surface area contributed by atoms with E-state index in [0.717, 1.165) is 12.8 Å². The van der Waals surface area contributed by atoms with Crippen LogP contribution in [0, 0.1) is 0 Å². The largest absolute Gasteiger partial charge is 0.298 e. The first-order valence-electron chi connectivity index (χ1n) is 4.76. The maximum Gasteiger partial charge on any atom is 0.146 e. The van der Waals surface area contributed by atoms with Gasteiger partial charge < -0.3 is 0 Å². The molecular weight excluding hydrogens is 150 g/mol. The normalized spacial score (nSPS) is 16.2. The van der Waals surface area contributed by atoms with Gasteiger partial charge in [0.25, 0.3) is 0 Å². The summed E-state index contributed by atoms with van der Waals surface area (Å²) in [7, 11) is 2.03. The highest BCUT2D eigenvalue weighted by Crippen LogP contribution is 2.09. The number of likely N-dealkylation sites (N-methyl/N-ethyl adjacent to an activating group) is 1. The molecule has 0 rings (SSSR count). The number of hydrogen-bond acceptors (Lipinski definition) is 2. The Hall–Kier alpha value is -0.370. The van der Waals surface area contributed by atoms with Crippen molar-refractivity contribution < 1.29 is 4.79 Å². The molecule has 12 heavy (non-hydrogen) atoms. The SMILES string of the molecule is CCC(C)N(C)C(CC)C(C)=O. The molecule has 0 aromatic carbocycles. The smallest absolute Gasteiger partial charge is 0.146 e. The molecule has 0 aliphatic rings. The lowest BCUT2D eigenvalue weighted by molar-refractivity contribution is -0.122. The number of carbonyl (C=O) groups is 1. The van der Waals surface area contributed by atoms with Crippen molar-refractivity contribution in [1.29, 1.82) is 0 Å². The second kappa shape index (κ2) is 5.31. The molecule has 0 N–H and O–H groups in total. The zero-order valence-electron chi connectivity index (χ0n) is 8.92. The Labute approximate surface area is 75.9 Å². The summed E-state index contributed by atoms with van der Waals surface area (Å²) in [4.78, 5) is 13.4. The maximum absolute atomic E-state index is 11.2. The van der Waals surface area contributed by atoms with E-state index < -0.39 is 0 Å². The van der Waals surface area contributed by atoms with Gasteiger partial charge in [0.15, 0.2) is 0 Å². The number of hydrogen-bond donors (Lipinski definition) is 0. The summed E-state index contributed by atoms with van der Waals surface area (Å²) in [6, 6.07) is 0.610. The Morgan fingerprint density at radius 1 is 1.33 bits per heavy atom. The fourth-order valence-electron chi connectivity index (χ4n) is 1.46. The first-order chi connectivity index (χ1) is 5.54. The second-order valence-electron chi connectivity index (χ2n) is 3.46. The Balaban J connectivity index is 4.20. The van der Waals surface area contributed by atoms with Crippen LogP contribution >= 0.6 is 0 Å². The predicted molar refractivity (Wildman–Crippen MR) is 52.3 cm³/mol. The topological polar surface area (TPSA) is 20.3 Å². The number of rotatable bonds is 5. The number of ketones is 1. The average Bonchev–Trinajstić information content (AvgIpc) is 2.03. The van der Waals surface area contributed by atoms with E-state index in [1.165, 1.54) is 0 Å². The Morgan fingerprint density at radius 3 is 2.08 bits per heavy atom. The minimum Gasteiger partial charge on any atom is -0.298 e. The average molecular weight is 171 g/mol. The third-order valence-corrected chi connectivity index (χ3v) is 2.63. The van der Waals surface area contributed by atoms with Gasteiger partial charge in [-0.2, -0.15) is 0 Å². The molecule has 0 saturated heterocycles. The van der Waals surface area contributed by atoms with E-state index in [9.17, 15) is 4.79 Å². The standard InChI is InChI=1S/C10H21NO/c1-6-8(3)11(5)10(7-2)9(4)12/h8,10H,6-7H2,1-5H3. The van der Waals surface area contributed by atoms with Crippen molar-refractivity contribution in [2.45, 2.75) is 52.6 Å². The van der Waals surface area contributed by atoms with Gasteiger partial charge in [-0.15, -0.1) is 0 Å². The van der Waals surface area contributed by atoms with E-state index >= 15 is 0 Å². The molecule has 0 aromatic rings. The summed E-state index contributed by atoms with van der Waals surface area (Å²) in [5.74, 6) is 0.278. The quantitative estimate of drug-likeness (QED) is 0.631. The molecule has 0 aliphatic carbocycles. The molecule has 0 bridgehead atoms. The van der Waals surface area contributed by atoms with Crippen molar-refractivity contribution in [2.24, 2.45) is 0 Å². The van der Waals surface area contributed by atoms with Gasteiger partial charge in [-0.1, -0.05) is 13.8 Å². The summed E-state index contributed by atoms with van der Waals surface area (Å²) < 4.78 is 0. The number of Topliss-reactive ketones (excluding diaryl/α,β-unsaturated/α-hetero) is 1. The van der Waals surface area contributed by atoms with Crippen LogP contribution in [-0.2, 0) is 4.79 Å². The lowest BCUT2D eigenvalue weighted by Gasteiger charge is -2.30.